The fourth-order valence-corrected chi connectivity index (χ4v) is 4.37. The first-order chi connectivity index (χ1) is 14.6. The average molecular weight is 402 g/mol. The molecule has 1 amide bonds. The maximum atomic E-state index is 13.0. The summed E-state index contributed by atoms with van der Waals surface area (Å²) in [6, 6.07) is 22.6. The normalized spacial score (nSPS) is 14.7. The van der Waals surface area contributed by atoms with Crippen LogP contribution in [0.25, 0.3) is 10.8 Å². The Balaban J connectivity index is 1.37. The third kappa shape index (κ3) is 4.70. The molecule has 0 spiro atoms. The highest BCUT2D eigenvalue weighted by atomic mass is 16.4. The molecule has 0 saturated carbocycles. The van der Waals surface area contributed by atoms with Gasteiger partial charge in [-0.15, -0.1) is 0 Å². The van der Waals surface area contributed by atoms with Gasteiger partial charge in [0, 0.05) is 25.1 Å². The van der Waals surface area contributed by atoms with Gasteiger partial charge in [0.15, 0.2) is 0 Å². The maximum Gasteiger partial charge on any atom is 0.303 e. The summed E-state index contributed by atoms with van der Waals surface area (Å²) in [7, 11) is 0. The van der Waals surface area contributed by atoms with Gasteiger partial charge in [0.05, 0.1) is 0 Å². The fourth-order valence-electron chi connectivity index (χ4n) is 4.37. The lowest BCUT2D eigenvalue weighted by atomic mass is 9.88. The number of hydrogen-bond acceptors (Lipinski definition) is 2. The lowest BCUT2D eigenvalue weighted by molar-refractivity contribution is -0.137. The van der Waals surface area contributed by atoms with Crippen LogP contribution in [-0.2, 0) is 11.2 Å². The Kier molecular flexibility index (Phi) is 6.12. The minimum atomic E-state index is -0.741. The predicted molar refractivity (Wildman–Crippen MR) is 119 cm³/mol. The Bertz CT molecular complexity index is 1050. The van der Waals surface area contributed by atoms with E-state index in [1.54, 1.807) is 0 Å². The van der Waals surface area contributed by atoms with Crippen molar-refractivity contribution >= 4 is 22.6 Å². The van der Waals surface area contributed by atoms with E-state index >= 15 is 0 Å². The summed E-state index contributed by atoms with van der Waals surface area (Å²) in [5.74, 6) is -0.179. The van der Waals surface area contributed by atoms with Crippen LogP contribution in [0.3, 0.4) is 0 Å². The lowest BCUT2D eigenvalue weighted by Crippen LogP contribution is -2.37. The number of amides is 1. The minimum Gasteiger partial charge on any atom is -0.481 e. The van der Waals surface area contributed by atoms with E-state index < -0.39 is 5.97 Å². The number of likely N-dealkylation sites (tertiary alicyclic amines) is 1. The molecule has 154 valence electrons. The van der Waals surface area contributed by atoms with E-state index in [1.165, 1.54) is 11.1 Å². The number of aliphatic carboxylic acids is 1. The molecule has 0 aromatic heterocycles. The molecule has 1 saturated heterocycles. The summed E-state index contributed by atoms with van der Waals surface area (Å²) in [4.78, 5) is 25.7. The number of carbonyl (C=O) groups excluding carboxylic acids is 1. The molecule has 4 nitrogen and oxygen atoms in total. The van der Waals surface area contributed by atoms with Gasteiger partial charge in [-0.25, -0.2) is 0 Å². The van der Waals surface area contributed by atoms with E-state index in [9.17, 15) is 9.59 Å². The highest BCUT2D eigenvalue weighted by Crippen LogP contribution is 2.30. The van der Waals surface area contributed by atoms with E-state index in [-0.39, 0.29) is 12.3 Å². The number of nitrogens with zero attached hydrogens (tertiary/aromatic N) is 1. The second-order valence-corrected chi connectivity index (χ2v) is 8.12. The summed E-state index contributed by atoms with van der Waals surface area (Å²) in [6.07, 6.45) is 3.58. The Labute approximate surface area is 177 Å². The largest absolute Gasteiger partial charge is 0.481 e. The van der Waals surface area contributed by atoms with Crippen LogP contribution in [-0.4, -0.2) is 35.0 Å². The van der Waals surface area contributed by atoms with E-state index in [0.29, 0.717) is 12.3 Å². The highest BCUT2D eigenvalue weighted by Gasteiger charge is 2.24. The number of piperidine rings is 1. The number of carboxylic acids is 1. The van der Waals surface area contributed by atoms with Crippen molar-refractivity contribution in [2.24, 2.45) is 0 Å². The van der Waals surface area contributed by atoms with Crippen LogP contribution in [0.4, 0.5) is 0 Å². The number of carbonyl (C=O) groups is 2. The first-order valence-electron chi connectivity index (χ1n) is 10.7. The van der Waals surface area contributed by atoms with Crippen molar-refractivity contribution in [1.82, 2.24) is 4.90 Å². The zero-order valence-electron chi connectivity index (χ0n) is 17.1. The average Bonchev–Trinajstić information content (AvgIpc) is 2.78. The van der Waals surface area contributed by atoms with Gasteiger partial charge in [0.1, 0.15) is 0 Å². The molecule has 0 radical (unpaired) electrons. The van der Waals surface area contributed by atoms with Crippen LogP contribution in [0, 0.1) is 0 Å². The van der Waals surface area contributed by atoms with Crippen molar-refractivity contribution in [2.45, 2.75) is 38.0 Å². The summed E-state index contributed by atoms with van der Waals surface area (Å²) >= 11 is 0. The second kappa shape index (κ2) is 9.12. The zero-order chi connectivity index (χ0) is 20.9. The molecule has 3 aromatic carbocycles. The second-order valence-electron chi connectivity index (χ2n) is 8.12. The van der Waals surface area contributed by atoms with Crippen LogP contribution in [0.2, 0.25) is 0 Å². The van der Waals surface area contributed by atoms with E-state index in [0.717, 1.165) is 48.7 Å². The van der Waals surface area contributed by atoms with E-state index in [2.05, 4.69) is 30.3 Å². The van der Waals surface area contributed by atoms with Crippen molar-refractivity contribution in [2.75, 3.05) is 13.1 Å². The highest BCUT2D eigenvalue weighted by molar-refractivity contribution is 5.98. The smallest absolute Gasteiger partial charge is 0.303 e. The molecule has 0 atom stereocenters. The third-order valence-corrected chi connectivity index (χ3v) is 6.06. The van der Waals surface area contributed by atoms with Gasteiger partial charge in [0.2, 0.25) is 0 Å². The molecule has 1 fully saturated rings. The molecule has 1 aliphatic rings. The Morgan fingerprint density at radius 3 is 2.43 bits per heavy atom. The number of benzene rings is 3. The van der Waals surface area contributed by atoms with Gasteiger partial charge in [0.25, 0.3) is 5.91 Å². The molecular formula is C26H27NO3. The molecule has 1 heterocycles. The summed E-state index contributed by atoms with van der Waals surface area (Å²) < 4.78 is 0. The summed E-state index contributed by atoms with van der Waals surface area (Å²) in [6.45, 7) is 1.53. The van der Waals surface area contributed by atoms with Gasteiger partial charge in [-0.05, 0) is 65.6 Å². The van der Waals surface area contributed by atoms with Gasteiger partial charge < -0.3 is 10.0 Å². The fraction of sp³-hybridized carbons (Fsp3) is 0.308. The molecule has 4 rings (SSSR count). The maximum absolute atomic E-state index is 13.0. The molecule has 4 heteroatoms. The minimum absolute atomic E-state index is 0.113. The lowest BCUT2D eigenvalue weighted by Gasteiger charge is -2.32. The number of rotatable bonds is 6. The molecular weight excluding hydrogens is 374 g/mol. The Hall–Kier alpha value is -3.14. The van der Waals surface area contributed by atoms with Gasteiger partial charge in [-0.1, -0.05) is 54.6 Å². The molecule has 0 bridgehead atoms. The number of aryl methyl sites for hydroxylation is 1. The van der Waals surface area contributed by atoms with E-state index in [4.69, 9.17) is 5.11 Å². The molecule has 30 heavy (non-hydrogen) atoms. The summed E-state index contributed by atoms with van der Waals surface area (Å²) in [5.41, 5.74) is 3.26. The van der Waals surface area contributed by atoms with Crippen molar-refractivity contribution in [3.63, 3.8) is 0 Å². The van der Waals surface area contributed by atoms with Crippen molar-refractivity contribution in [1.29, 1.82) is 0 Å². The molecule has 1 aliphatic heterocycles. The van der Waals surface area contributed by atoms with Crippen molar-refractivity contribution < 1.29 is 14.7 Å². The van der Waals surface area contributed by atoms with Crippen LogP contribution >= 0.6 is 0 Å². The Morgan fingerprint density at radius 1 is 0.900 bits per heavy atom. The number of hydrogen-bond donors (Lipinski definition) is 1. The summed E-state index contributed by atoms with van der Waals surface area (Å²) in [5, 5.41) is 11.1. The number of carboxylic acid groups (broad SMARTS) is 1. The van der Waals surface area contributed by atoms with Crippen LogP contribution in [0.1, 0.15) is 53.1 Å². The number of fused-ring (bicyclic) bond motifs is 1. The molecule has 1 N–H and O–H groups in total. The zero-order valence-corrected chi connectivity index (χ0v) is 17.1. The van der Waals surface area contributed by atoms with E-state index in [1.807, 2.05) is 41.3 Å². The van der Waals surface area contributed by atoms with Crippen LogP contribution in [0.5, 0.6) is 0 Å². The first kappa shape index (κ1) is 20.1. The van der Waals surface area contributed by atoms with Gasteiger partial charge in [-0.3, -0.25) is 9.59 Å². The van der Waals surface area contributed by atoms with Crippen molar-refractivity contribution in [3.05, 3.63) is 83.4 Å². The van der Waals surface area contributed by atoms with Crippen LogP contribution < -0.4 is 0 Å². The quantitative estimate of drug-likeness (QED) is 0.612. The predicted octanol–water partition coefficient (Wildman–Crippen LogP) is 5.27. The van der Waals surface area contributed by atoms with Crippen molar-refractivity contribution in [3.8, 4) is 0 Å². The van der Waals surface area contributed by atoms with Gasteiger partial charge >= 0.3 is 5.97 Å². The monoisotopic (exact) mass is 401 g/mol. The molecule has 0 aliphatic carbocycles. The topological polar surface area (TPSA) is 57.6 Å². The molecule has 3 aromatic rings. The standard InChI is InChI=1S/C26H27NO3/c28-25(29)10-4-6-19-5-3-9-22(17-19)21-13-15-27(16-14-21)26(30)24-12-11-20-7-1-2-8-23(20)18-24/h1-3,5,7-9,11-12,17-18,21H,4,6,10,13-16H2,(H,28,29). The SMILES string of the molecule is O=C(O)CCCc1cccc(C2CCN(C(=O)c3ccc4ccccc4c3)CC2)c1. The first-order valence-corrected chi connectivity index (χ1v) is 10.7. The van der Waals surface area contributed by atoms with Crippen LogP contribution in [0.15, 0.2) is 66.7 Å². The van der Waals surface area contributed by atoms with Gasteiger partial charge in [-0.2, -0.15) is 0 Å². The Morgan fingerprint density at radius 2 is 1.67 bits per heavy atom. The third-order valence-electron chi connectivity index (χ3n) is 6.06. The molecule has 0 unspecified atom stereocenters.